The lowest BCUT2D eigenvalue weighted by Gasteiger charge is -2.33. The van der Waals surface area contributed by atoms with E-state index in [1.165, 1.54) is 0 Å². The number of carbonyl (C=O) groups is 1. The van der Waals surface area contributed by atoms with Crippen LogP contribution in [0.25, 0.3) is 11.5 Å². The average Bonchev–Trinajstić information content (AvgIpc) is 3.11. The smallest absolute Gasteiger partial charge is 0.309 e. The third kappa shape index (κ3) is 4.07. The average molecular weight is 343 g/mol. The zero-order chi connectivity index (χ0) is 17.8. The summed E-state index contributed by atoms with van der Waals surface area (Å²) in [7, 11) is 0. The van der Waals surface area contributed by atoms with Crippen molar-refractivity contribution in [3.63, 3.8) is 0 Å². The number of aryl methyl sites for hydroxylation is 1. The van der Waals surface area contributed by atoms with Crippen molar-refractivity contribution in [2.24, 2.45) is 5.92 Å². The largest absolute Gasteiger partial charge is 0.466 e. The first-order valence-corrected chi connectivity index (χ1v) is 8.89. The summed E-state index contributed by atoms with van der Waals surface area (Å²) in [4.78, 5) is 14.1. The van der Waals surface area contributed by atoms with Crippen molar-refractivity contribution >= 4 is 5.97 Å². The van der Waals surface area contributed by atoms with Crippen LogP contribution in [0.2, 0.25) is 0 Å². The SMILES string of the molecule is CCOC(=O)C1CCN([C@H](C)c2nnc(-c3cccc(C)c3)o2)CC1. The highest BCUT2D eigenvalue weighted by atomic mass is 16.5. The molecule has 0 amide bonds. The van der Waals surface area contributed by atoms with Gasteiger partial charge in [-0.05, 0) is 58.8 Å². The van der Waals surface area contributed by atoms with E-state index in [4.69, 9.17) is 9.15 Å². The highest BCUT2D eigenvalue weighted by molar-refractivity contribution is 5.72. The number of carbonyl (C=O) groups excluding carboxylic acids is 1. The van der Waals surface area contributed by atoms with Gasteiger partial charge in [-0.2, -0.15) is 0 Å². The molecule has 2 heterocycles. The van der Waals surface area contributed by atoms with Gasteiger partial charge >= 0.3 is 5.97 Å². The minimum absolute atomic E-state index is 0.00828. The van der Waals surface area contributed by atoms with E-state index in [1.54, 1.807) is 0 Å². The van der Waals surface area contributed by atoms with E-state index < -0.39 is 0 Å². The number of hydrogen-bond donors (Lipinski definition) is 0. The second kappa shape index (κ2) is 7.78. The molecule has 1 fully saturated rings. The summed E-state index contributed by atoms with van der Waals surface area (Å²) < 4.78 is 11.0. The third-order valence-electron chi connectivity index (χ3n) is 4.76. The number of benzene rings is 1. The Morgan fingerprint density at radius 2 is 2.12 bits per heavy atom. The minimum atomic E-state index is -0.0747. The van der Waals surface area contributed by atoms with Crippen LogP contribution < -0.4 is 0 Å². The van der Waals surface area contributed by atoms with Gasteiger partial charge in [0.2, 0.25) is 11.8 Å². The summed E-state index contributed by atoms with van der Waals surface area (Å²) in [5.74, 6) is 1.10. The van der Waals surface area contributed by atoms with Crippen LogP contribution in [0.3, 0.4) is 0 Å². The number of esters is 1. The van der Waals surface area contributed by atoms with Crippen LogP contribution in [0.15, 0.2) is 28.7 Å². The molecule has 1 saturated heterocycles. The van der Waals surface area contributed by atoms with Crippen molar-refractivity contribution in [1.29, 1.82) is 0 Å². The summed E-state index contributed by atoms with van der Waals surface area (Å²) >= 11 is 0. The number of nitrogens with zero attached hydrogens (tertiary/aromatic N) is 3. The predicted molar refractivity (Wildman–Crippen MR) is 93.8 cm³/mol. The first-order valence-electron chi connectivity index (χ1n) is 8.89. The molecule has 3 rings (SSSR count). The molecule has 1 atom stereocenters. The van der Waals surface area contributed by atoms with Gasteiger partial charge in [0.1, 0.15) is 0 Å². The number of ether oxygens (including phenoxy) is 1. The number of rotatable bonds is 5. The fraction of sp³-hybridized carbons (Fsp3) is 0.526. The number of likely N-dealkylation sites (tertiary alicyclic amines) is 1. The standard InChI is InChI=1S/C19H25N3O3/c1-4-24-19(23)15-8-10-22(11-9-15)14(3)17-20-21-18(25-17)16-7-5-6-13(2)12-16/h5-7,12,14-15H,4,8-11H2,1-3H3/t14-/m1/s1. The lowest BCUT2D eigenvalue weighted by Crippen LogP contribution is -2.38. The summed E-state index contributed by atoms with van der Waals surface area (Å²) in [6.45, 7) is 8.05. The van der Waals surface area contributed by atoms with Gasteiger partial charge in [-0.1, -0.05) is 17.7 Å². The lowest BCUT2D eigenvalue weighted by molar-refractivity contribution is -0.149. The van der Waals surface area contributed by atoms with E-state index in [0.717, 1.165) is 37.1 Å². The third-order valence-corrected chi connectivity index (χ3v) is 4.76. The van der Waals surface area contributed by atoms with Crippen LogP contribution >= 0.6 is 0 Å². The van der Waals surface area contributed by atoms with E-state index in [1.807, 2.05) is 38.1 Å². The van der Waals surface area contributed by atoms with E-state index in [2.05, 4.69) is 22.0 Å². The van der Waals surface area contributed by atoms with Gasteiger partial charge in [-0.25, -0.2) is 0 Å². The Morgan fingerprint density at radius 3 is 2.80 bits per heavy atom. The first-order chi connectivity index (χ1) is 12.1. The maximum Gasteiger partial charge on any atom is 0.309 e. The van der Waals surface area contributed by atoms with Crippen LogP contribution in [0, 0.1) is 12.8 Å². The maximum absolute atomic E-state index is 11.9. The molecule has 1 aliphatic heterocycles. The van der Waals surface area contributed by atoms with Gasteiger partial charge in [0.15, 0.2) is 0 Å². The van der Waals surface area contributed by atoms with Gasteiger partial charge in [-0.15, -0.1) is 10.2 Å². The van der Waals surface area contributed by atoms with E-state index >= 15 is 0 Å². The fourth-order valence-electron chi connectivity index (χ4n) is 3.24. The van der Waals surface area contributed by atoms with E-state index in [9.17, 15) is 4.79 Å². The Labute approximate surface area is 148 Å². The normalized spacial score (nSPS) is 17.4. The van der Waals surface area contributed by atoms with Gasteiger partial charge in [0, 0.05) is 5.56 Å². The Bertz CT molecular complexity index is 720. The highest BCUT2D eigenvalue weighted by Crippen LogP contribution is 2.28. The number of aromatic nitrogens is 2. The first kappa shape index (κ1) is 17.6. The van der Waals surface area contributed by atoms with Crippen LogP contribution in [0.5, 0.6) is 0 Å². The molecular formula is C19H25N3O3. The zero-order valence-corrected chi connectivity index (χ0v) is 15.1. The van der Waals surface area contributed by atoms with Crippen LogP contribution in [0.1, 0.15) is 44.2 Å². The molecule has 1 aromatic carbocycles. The van der Waals surface area contributed by atoms with Crippen molar-refractivity contribution < 1.29 is 13.9 Å². The van der Waals surface area contributed by atoms with E-state index in [-0.39, 0.29) is 17.9 Å². The molecule has 0 bridgehead atoms. The summed E-state index contributed by atoms with van der Waals surface area (Å²) in [5, 5.41) is 8.42. The fourth-order valence-corrected chi connectivity index (χ4v) is 3.24. The summed E-state index contributed by atoms with van der Waals surface area (Å²) in [5.41, 5.74) is 2.10. The van der Waals surface area contributed by atoms with Gasteiger partial charge in [-0.3, -0.25) is 9.69 Å². The number of hydrogen-bond acceptors (Lipinski definition) is 6. The molecule has 0 saturated carbocycles. The molecule has 0 aliphatic carbocycles. The Hall–Kier alpha value is -2.21. The lowest BCUT2D eigenvalue weighted by atomic mass is 9.96. The van der Waals surface area contributed by atoms with Crippen LogP contribution in [-0.2, 0) is 9.53 Å². The topological polar surface area (TPSA) is 68.5 Å². The van der Waals surface area contributed by atoms with Crippen molar-refractivity contribution in [2.45, 2.75) is 39.7 Å². The van der Waals surface area contributed by atoms with Gasteiger partial charge in [0.25, 0.3) is 0 Å². The molecule has 0 radical (unpaired) electrons. The molecule has 0 N–H and O–H groups in total. The molecule has 6 heteroatoms. The molecule has 1 aliphatic rings. The van der Waals surface area contributed by atoms with Gasteiger partial charge < -0.3 is 9.15 Å². The maximum atomic E-state index is 11.9. The molecule has 2 aromatic rings. The second-order valence-corrected chi connectivity index (χ2v) is 6.55. The van der Waals surface area contributed by atoms with Crippen molar-refractivity contribution in [3.05, 3.63) is 35.7 Å². The summed E-state index contributed by atoms with van der Waals surface area (Å²) in [6, 6.07) is 8.07. The molecule has 134 valence electrons. The second-order valence-electron chi connectivity index (χ2n) is 6.55. The van der Waals surface area contributed by atoms with Crippen LogP contribution in [-0.4, -0.2) is 40.8 Å². The predicted octanol–water partition coefficient (Wildman–Crippen LogP) is 3.38. The van der Waals surface area contributed by atoms with E-state index in [0.29, 0.717) is 18.4 Å². The van der Waals surface area contributed by atoms with Crippen molar-refractivity contribution in [1.82, 2.24) is 15.1 Å². The minimum Gasteiger partial charge on any atom is -0.466 e. The van der Waals surface area contributed by atoms with Crippen molar-refractivity contribution in [3.8, 4) is 11.5 Å². The molecule has 0 unspecified atom stereocenters. The zero-order valence-electron chi connectivity index (χ0n) is 15.1. The van der Waals surface area contributed by atoms with Gasteiger partial charge in [0.05, 0.1) is 18.6 Å². The molecule has 25 heavy (non-hydrogen) atoms. The Kier molecular flexibility index (Phi) is 5.48. The quantitative estimate of drug-likeness (QED) is 0.775. The molecular weight excluding hydrogens is 318 g/mol. The molecule has 1 aromatic heterocycles. The highest BCUT2D eigenvalue weighted by Gasteiger charge is 2.30. The molecule has 6 nitrogen and oxygen atoms in total. The van der Waals surface area contributed by atoms with Crippen molar-refractivity contribution in [2.75, 3.05) is 19.7 Å². The monoisotopic (exact) mass is 343 g/mol. The number of piperidine rings is 1. The van der Waals surface area contributed by atoms with Crippen LogP contribution in [0.4, 0.5) is 0 Å². The molecule has 0 spiro atoms. The Balaban J connectivity index is 1.63. The Morgan fingerprint density at radius 1 is 1.36 bits per heavy atom. The summed E-state index contributed by atoms with van der Waals surface area (Å²) in [6.07, 6.45) is 1.62.